The lowest BCUT2D eigenvalue weighted by molar-refractivity contribution is -0.384. The maximum absolute atomic E-state index is 12.6. The van der Waals surface area contributed by atoms with E-state index in [1.165, 1.54) is 31.5 Å². The minimum absolute atomic E-state index is 0.0730. The first kappa shape index (κ1) is 22.4. The number of nitriles is 1. The molecule has 2 aromatic rings. The number of carbonyl (C=O) groups excluding carboxylic acids is 1. The van der Waals surface area contributed by atoms with Crippen molar-refractivity contribution in [3.8, 4) is 17.6 Å². The third-order valence-corrected chi connectivity index (χ3v) is 5.06. The quantitative estimate of drug-likeness (QED) is 0.304. The molecular formula is C22H23N5O5. The second kappa shape index (κ2) is 10.2. The number of non-ortho nitro benzene ring substituents is 1. The van der Waals surface area contributed by atoms with Crippen molar-refractivity contribution >= 4 is 23.0 Å². The van der Waals surface area contributed by atoms with Crippen molar-refractivity contribution in [2.75, 3.05) is 50.6 Å². The van der Waals surface area contributed by atoms with E-state index in [4.69, 9.17) is 9.47 Å². The second-order valence-corrected chi connectivity index (χ2v) is 6.95. The number of para-hydroxylation sites is 2. The minimum Gasteiger partial charge on any atom is -0.495 e. The SMILES string of the molecule is COc1cc([N+](=O)[O-])ccc1NC(=O)/C(C#N)=C\N1CCN(c2ccccc2OC)CC1. The van der Waals surface area contributed by atoms with Crippen LogP contribution in [0.4, 0.5) is 17.1 Å². The molecule has 1 saturated heterocycles. The number of ether oxygens (including phenoxy) is 2. The van der Waals surface area contributed by atoms with Crippen LogP contribution in [0, 0.1) is 21.4 Å². The van der Waals surface area contributed by atoms with Crippen LogP contribution in [0.5, 0.6) is 11.5 Å². The predicted molar refractivity (Wildman–Crippen MR) is 119 cm³/mol. The van der Waals surface area contributed by atoms with Crippen molar-refractivity contribution in [1.82, 2.24) is 4.90 Å². The van der Waals surface area contributed by atoms with E-state index in [0.29, 0.717) is 26.2 Å². The normalized spacial score (nSPS) is 13.8. The van der Waals surface area contributed by atoms with Gasteiger partial charge in [0.2, 0.25) is 0 Å². The lowest BCUT2D eigenvalue weighted by atomic mass is 10.2. The van der Waals surface area contributed by atoms with Gasteiger partial charge in [0.05, 0.1) is 36.6 Å². The number of nitro groups is 1. The van der Waals surface area contributed by atoms with E-state index in [1.54, 1.807) is 7.11 Å². The Kier molecular flexibility index (Phi) is 7.13. The van der Waals surface area contributed by atoms with Crippen molar-refractivity contribution in [3.05, 3.63) is 64.4 Å². The Balaban J connectivity index is 1.67. The van der Waals surface area contributed by atoms with Gasteiger partial charge in [-0.05, 0) is 18.2 Å². The van der Waals surface area contributed by atoms with Crippen molar-refractivity contribution in [1.29, 1.82) is 5.26 Å². The van der Waals surface area contributed by atoms with Crippen LogP contribution in [0.15, 0.2) is 54.2 Å². The second-order valence-electron chi connectivity index (χ2n) is 6.95. The van der Waals surface area contributed by atoms with Crippen LogP contribution in [-0.2, 0) is 4.79 Å². The Hall–Kier alpha value is -4.26. The number of piperazine rings is 1. The molecule has 0 bridgehead atoms. The lowest BCUT2D eigenvalue weighted by Crippen LogP contribution is -2.44. The molecule has 0 atom stereocenters. The number of hydrogen-bond donors (Lipinski definition) is 1. The summed E-state index contributed by atoms with van der Waals surface area (Å²) in [6, 6.07) is 13.5. The van der Waals surface area contributed by atoms with E-state index in [2.05, 4.69) is 10.2 Å². The van der Waals surface area contributed by atoms with E-state index in [0.717, 1.165) is 11.4 Å². The maximum atomic E-state index is 12.6. The Bertz CT molecular complexity index is 1070. The molecule has 32 heavy (non-hydrogen) atoms. The molecule has 1 fully saturated rings. The molecule has 10 nitrogen and oxygen atoms in total. The molecule has 0 spiro atoms. The molecule has 1 aliphatic heterocycles. The van der Waals surface area contributed by atoms with E-state index in [1.807, 2.05) is 35.2 Å². The van der Waals surface area contributed by atoms with Gasteiger partial charge in [-0.15, -0.1) is 0 Å². The molecule has 10 heteroatoms. The predicted octanol–water partition coefficient (Wildman–Crippen LogP) is 2.78. The number of nitro benzene ring substituents is 1. The number of amides is 1. The molecule has 1 N–H and O–H groups in total. The summed E-state index contributed by atoms with van der Waals surface area (Å²) < 4.78 is 10.5. The number of hydrogen-bond acceptors (Lipinski definition) is 8. The maximum Gasteiger partial charge on any atom is 0.273 e. The van der Waals surface area contributed by atoms with Gasteiger partial charge in [0.15, 0.2) is 0 Å². The Morgan fingerprint density at radius 3 is 2.44 bits per heavy atom. The minimum atomic E-state index is -0.619. The van der Waals surface area contributed by atoms with Crippen molar-refractivity contribution in [2.24, 2.45) is 0 Å². The van der Waals surface area contributed by atoms with Crippen molar-refractivity contribution in [2.45, 2.75) is 0 Å². The highest BCUT2D eigenvalue weighted by atomic mass is 16.6. The standard InChI is InChI=1S/C22H23N5O5/c1-31-20-6-4-3-5-19(20)26-11-9-25(10-12-26)15-16(14-23)22(28)24-18-8-7-17(27(29)30)13-21(18)32-2/h3-8,13,15H,9-12H2,1-2H3,(H,24,28)/b16-15-. The molecule has 0 aromatic heterocycles. The fourth-order valence-corrected chi connectivity index (χ4v) is 3.39. The third kappa shape index (κ3) is 5.07. The molecule has 0 unspecified atom stereocenters. The summed E-state index contributed by atoms with van der Waals surface area (Å²) >= 11 is 0. The van der Waals surface area contributed by atoms with E-state index >= 15 is 0 Å². The van der Waals surface area contributed by atoms with Gasteiger partial charge in [-0.1, -0.05) is 12.1 Å². The highest BCUT2D eigenvalue weighted by molar-refractivity contribution is 6.07. The zero-order valence-electron chi connectivity index (χ0n) is 17.8. The van der Waals surface area contributed by atoms with E-state index in [-0.39, 0.29) is 22.7 Å². The van der Waals surface area contributed by atoms with Crippen LogP contribution in [-0.4, -0.2) is 56.1 Å². The summed E-state index contributed by atoms with van der Waals surface area (Å²) in [6.45, 7) is 2.65. The van der Waals surface area contributed by atoms with Crippen LogP contribution in [0.2, 0.25) is 0 Å². The number of rotatable bonds is 7. The Labute approximate surface area is 185 Å². The fourth-order valence-electron chi connectivity index (χ4n) is 3.39. The summed E-state index contributed by atoms with van der Waals surface area (Å²) in [5, 5.41) is 23.0. The largest absolute Gasteiger partial charge is 0.495 e. The zero-order chi connectivity index (χ0) is 23.1. The van der Waals surface area contributed by atoms with Gasteiger partial charge in [-0.2, -0.15) is 5.26 Å². The number of anilines is 2. The first-order chi connectivity index (χ1) is 15.5. The molecule has 0 radical (unpaired) electrons. The fraction of sp³-hybridized carbons (Fsp3) is 0.273. The van der Waals surface area contributed by atoms with E-state index < -0.39 is 10.8 Å². The van der Waals surface area contributed by atoms with Gasteiger partial charge in [0, 0.05) is 38.4 Å². The highest BCUT2D eigenvalue weighted by Gasteiger charge is 2.20. The molecule has 1 aliphatic rings. The Morgan fingerprint density at radius 1 is 1.12 bits per heavy atom. The van der Waals surface area contributed by atoms with Crippen LogP contribution in [0.1, 0.15) is 0 Å². The summed E-state index contributed by atoms with van der Waals surface area (Å²) in [4.78, 5) is 27.1. The molecular weight excluding hydrogens is 414 g/mol. The molecule has 2 aromatic carbocycles. The summed E-state index contributed by atoms with van der Waals surface area (Å²) in [5.41, 5.74) is 1.01. The third-order valence-electron chi connectivity index (χ3n) is 5.06. The summed E-state index contributed by atoms with van der Waals surface area (Å²) in [7, 11) is 2.98. The molecule has 3 rings (SSSR count). The lowest BCUT2D eigenvalue weighted by Gasteiger charge is -2.36. The monoisotopic (exact) mass is 437 g/mol. The van der Waals surface area contributed by atoms with E-state index in [9.17, 15) is 20.2 Å². The molecule has 1 amide bonds. The van der Waals surface area contributed by atoms with Gasteiger partial charge in [0.1, 0.15) is 23.1 Å². The van der Waals surface area contributed by atoms with Gasteiger partial charge < -0.3 is 24.6 Å². The average Bonchev–Trinajstić information content (AvgIpc) is 2.82. The molecule has 0 aliphatic carbocycles. The summed E-state index contributed by atoms with van der Waals surface area (Å²) in [5.74, 6) is 0.313. The van der Waals surface area contributed by atoms with Crippen LogP contribution in [0.25, 0.3) is 0 Å². The van der Waals surface area contributed by atoms with Crippen LogP contribution >= 0.6 is 0 Å². The van der Waals surface area contributed by atoms with Crippen LogP contribution in [0.3, 0.4) is 0 Å². The topological polar surface area (TPSA) is 121 Å². The van der Waals surface area contributed by atoms with Gasteiger partial charge in [0.25, 0.3) is 11.6 Å². The number of carbonyl (C=O) groups is 1. The average molecular weight is 437 g/mol. The smallest absolute Gasteiger partial charge is 0.273 e. The van der Waals surface area contributed by atoms with Crippen molar-refractivity contribution < 1.29 is 19.2 Å². The van der Waals surface area contributed by atoms with Crippen molar-refractivity contribution in [3.63, 3.8) is 0 Å². The number of benzene rings is 2. The van der Waals surface area contributed by atoms with Gasteiger partial charge in [-0.3, -0.25) is 14.9 Å². The number of nitrogens with zero attached hydrogens (tertiary/aromatic N) is 4. The summed E-state index contributed by atoms with van der Waals surface area (Å²) in [6.07, 6.45) is 1.53. The molecule has 166 valence electrons. The zero-order valence-corrected chi connectivity index (χ0v) is 17.8. The molecule has 1 heterocycles. The first-order valence-electron chi connectivity index (χ1n) is 9.84. The van der Waals surface area contributed by atoms with Gasteiger partial charge in [-0.25, -0.2) is 0 Å². The number of methoxy groups -OCH3 is 2. The molecule has 0 saturated carbocycles. The van der Waals surface area contributed by atoms with Crippen LogP contribution < -0.4 is 19.7 Å². The highest BCUT2D eigenvalue weighted by Crippen LogP contribution is 2.30. The Morgan fingerprint density at radius 2 is 1.81 bits per heavy atom. The number of nitrogens with one attached hydrogen (secondary N) is 1. The first-order valence-corrected chi connectivity index (χ1v) is 9.84. The van der Waals surface area contributed by atoms with Gasteiger partial charge >= 0.3 is 0 Å².